The van der Waals surface area contributed by atoms with Crippen molar-refractivity contribution < 1.29 is 75.8 Å². The SMILES string of the molecule is CCCCC/C=C\C/C=C\C/C=C\C/C=C\CCCCCCCCCCCCCCCCCCCCCC(=O)OCC(O)COP(=O)(O)OCC(O)COP(=O)(O)OCC(COC(=O)CCCCCCCCC/C=C\C/C=C\C/C=C\C/C=C\CCCCC)OC(=O)CCCCCCCCCCCCC. The zero-order chi connectivity index (χ0) is 76.6. The number of allylic oxidation sites excluding steroid dienone is 16. The standard InChI is InChI=1S/C87H156O16P2/c1-4-7-10-13-16-19-22-24-26-28-30-32-34-35-36-37-38-39-40-41-42-43-44-45-47-49-50-52-54-56-59-61-64-67-70-73-85(90)97-76-82(88)77-99-104(93,94)100-78-83(89)79-101-105(95,96)102-81-84(103-87(92)75-72-69-66-63-58-21-18-15-12-9-6-3)80-98-86(91)74-71-68-65-62-60-57-55-53-51-48-46-33-31-29-27-25-23-20-17-14-11-8-5-2/h16-17,19-20,24-27,30-33,35-36,48,51,82-84,88-89H,4-15,18,21-23,28-29,34,37-47,49-50,52-81H2,1-3H3,(H,93,94)(H,95,96)/b19-16-,20-17-,26-24-,27-25-,32-30-,33-31-,36-35-,51-48-. The van der Waals surface area contributed by atoms with Crippen molar-refractivity contribution in [2.45, 2.75) is 399 Å². The molecule has 0 spiro atoms. The van der Waals surface area contributed by atoms with Crippen molar-refractivity contribution in [2.24, 2.45) is 0 Å². The van der Waals surface area contributed by atoms with Crippen LogP contribution in [0.5, 0.6) is 0 Å². The Morgan fingerprint density at radius 1 is 0.267 bits per heavy atom. The van der Waals surface area contributed by atoms with E-state index in [-0.39, 0.29) is 19.3 Å². The smallest absolute Gasteiger partial charge is 0.463 e. The van der Waals surface area contributed by atoms with E-state index in [4.69, 9.17) is 32.3 Å². The molecule has 16 nitrogen and oxygen atoms in total. The third-order valence-corrected chi connectivity index (χ3v) is 20.2. The lowest BCUT2D eigenvalue weighted by atomic mass is 10.0. The zero-order valence-electron chi connectivity index (χ0n) is 66.9. The summed E-state index contributed by atoms with van der Waals surface area (Å²) >= 11 is 0. The topological polar surface area (TPSA) is 231 Å². The maximum Gasteiger partial charge on any atom is 0.472 e. The monoisotopic (exact) mass is 1520 g/mol. The van der Waals surface area contributed by atoms with E-state index >= 15 is 0 Å². The Kier molecular flexibility index (Phi) is 77.3. The molecule has 0 bridgehead atoms. The van der Waals surface area contributed by atoms with Crippen LogP contribution < -0.4 is 0 Å². The summed E-state index contributed by atoms with van der Waals surface area (Å²) in [6, 6.07) is 0. The summed E-state index contributed by atoms with van der Waals surface area (Å²) in [6.07, 6.45) is 93.4. The third kappa shape index (κ3) is 81.3. The summed E-state index contributed by atoms with van der Waals surface area (Å²) in [5.74, 6) is -1.57. The molecule has 0 amide bonds. The van der Waals surface area contributed by atoms with Gasteiger partial charge in [-0.15, -0.1) is 0 Å². The predicted octanol–water partition coefficient (Wildman–Crippen LogP) is 25.3. The van der Waals surface area contributed by atoms with Crippen LogP contribution in [0.15, 0.2) is 97.2 Å². The van der Waals surface area contributed by atoms with Gasteiger partial charge in [0.15, 0.2) is 6.10 Å². The van der Waals surface area contributed by atoms with Crippen LogP contribution in [0.1, 0.15) is 380 Å². The van der Waals surface area contributed by atoms with Gasteiger partial charge in [-0.3, -0.25) is 32.5 Å². The Balaban J connectivity index is 4.33. The number of hydrogen-bond donors (Lipinski definition) is 4. The average Bonchev–Trinajstić information content (AvgIpc) is 0.918. The van der Waals surface area contributed by atoms with Crippen molar-refractivity contribution in [2.75, 3.05) is 39.6 Å². The van der Waals surface area contributed by atoms with Gasteiger partial charge in [0, 0.05) is 19.3 Å². The van der Waals surface area contributed by atoms with E-state index in [9.17, 15) is 43.5 Å². The first-order chi connectivity index (χ1) is 51.2. The van der Waals surface area contributed by atoms with Gasteiger partial charge in [0.25, 0.3) is 0 Å². The predicted molar refractivity (Wildman–Crippen MR) is 436 cm³/mol. The minimum Gasteiger partial charge on any atom is -0.463 e. The Bertz CT molecular complexity index is 2300. The van der Waals surface area contributed by atoms with Crippen LogP contribution in [0.4, 0.5) is 0 Å². The lowest BCUT2D eigenvalue weighted by molar-refractivity contribution is -0.161. The van der Waals surface area contributed by atoms with E-state index in [1.807, 2.05) is 0 Å². The van der Waals surface area contributed by atoms with Gasteiger partial charge in [0.2, 0.25) is 0 Å². The maximum atomic E-state index is 12.9. The Morgan fingerprint density at radius 2 is 0.476 bits per heavy atom. The van der Waals surface area contributed by atoms with Gasteiger partial charge in [-0.2, -0.15) is 0 Å². The summed E-state index contributed by atoms with van der Waals surface area (Å²) in [5, 5.41) is 20.6. The van der Waals surface area contributed by atoms with E-state index in [1.54, 1.807) is 0 Å². The summed E-state index contributed by atoms with van der Waals surface area (Å²) in [5.41, 5.74) is 0. The van der Waals surface area contributed by atoms with Crippen LogP contribution in [0.2, 0.25) is 0 Å². The summed E-state index contributed by atoms with van der Waals surface area (Å²) in [4.78, 5) is 58.6. The van der Waals surface area contributed by atoms with Crippen molar-refractivity contribution in [3.63, 3.8) is 0 Å². The molecule has 0 radical (unpaired) electrons. The van der Waals surface area contributed by atoms with E-state index in [1.165, 1.54) is 193 Å². The molecule has 0 aliphatic carbocycles. The number of esters is 3. The van der Waals surface area contributed by atoms with Crippen LogP contribution in [0.3, 0.4) is 0 Å². The number of aliphatic hydroxyl groups is 2. The molecule has 0 aromatic rings. The Morgan fingerprint density at radius 3 is 0.771 bits per heavy atom. The highest BCUT2D eigenvalue weighted by Crippen LogP contribution is 2.45. The molecule has 0 aromatic carbocycles. The number of hydrogen-bond acceptors (Lipinski definition) is 14. The van der Waals surface area contributed by atoms with Crippen molar-refractivity contribution in [1.82, 2.24) is 0 Å². The normalized spacial score (nSPS) is 14.4. The highest BCUT2D eigenvalue weighted by Gasteiger charge is 2.29. The summed E-state index contributed by atoms with van der Waals surface area (Å²) < 4.78 is 61.1. The van der Waals surface area contributed by atoms with Crippen LogP contribution in [-0.4, -0.2) is 95.9 Å². The molecule has 4 N–H and O–H groups in total. The number of ether oxygens (including phenoxy) is 3. The summed E-state index contributed by atoms with van der Waals surface area (Å²) in [6.45, 7) is 2.65. The van der Waals surface area contributed by atoms with Crippen LogP contribution in [-0.2, 0) is 55.8 Å². The first-order valence-electron chi connectivity index (χ1n) is 42.5. The van der Waals surface area contributed by atoms with Crippen LogP contribution >= 0.6 is 15.6 Å². The molecule has 610 valence electrons. The lowest BCUT2D eigenvalue weighted by Crippen LogP contribution is -2.30. The molecule has 18 heteroatoms. The number of rotatable bonds is 81. The minimum absolute atomic E-state index is 0.105. The molecular formula is C87H156O16P2. The van der Waals surface area contributed by atoms with Gasteiger partial charge in [0.1, 0.15) is 25.4 Å². The molecule has 0 saturated heterocycles. The second-order valence-corrected chi connectivity index (χ2v) is 31.5. The number of aliphatic hydroxyl groups excluding tert-OH is 2. The highest BCUT2D eigenvalue weighted by atomic mass is 31.2. The molecule has 5 atom stereocenters. The fourth-order valence-corrected chi connectivity index (χ4v) is 13.4. The first kappa shape index (κ1) is 101. The second kappa shape index (κ2) is 80.0. The first-order valence-corrected chi connectivity index (χ1v) is 45.5. The molecule has 0 fully saturated rings. The fourth-order valence-electron chi connectivity index (χ4n) is 11.8. The average molecular weight is 1520 g/mol. The molecule has 105 heavy (non-hydrogen) atoms. The molecule has 0 saturated carbocycles. The van der Waals surface area contributed by atoms with E-state index in [2.05, 4.69) is 118 Å². The van der Waals surface area contributed by atoms with Gasteiger partial charge >= 0.3 is 33.6 Å². The molecule has 0 rings (SSSR count). The van der Waals surface area contributed by atoms with Gasteiger partial charge in [0.05, 0.1) is 26.4 Å². The van der Waals surface area contributed by atoms with Gasteiger partial charge < -0.3 is 34.2 Å². The molecule has 0 aliphatic rings. The maximum absolute atomic E-state index is 12.9. The van der Waals surface area contributed by atoms with Crippen LogP contribution in [0, 0.1) is 0 Å². The van der Waals surface area contributed by atoms with E-state index < -0.39 is 91.5 Å². The molecule has 0 aromatic heterocycles. The van der Waals surface area contributed by atoms with Crippen molar-refractivity contribution in [3.05, 3.63) is 97.2 Å². The van der Waals surface area contributed by atoms with Crippen molar-refractivity contribution in [1.29, 1.82) is 0 Å². The van der Waals surface area contributed by atoms with Gasteiger partial charge in [-0.05, 0) is 109 Å². The quantitative estimate of drug-likeness (QED) is 0.0146. The molecule has 0 aliphatic heterocycles. The van der Waals surface area contributed by atoms with E-state index in [0.29, 0.717) is 19.3 Å². The minimum atomic E-state index is -4.93. The Hall–Kier alpha value is -3.53. The van der Waals surface area contributed by atoms with Crippen molar-refractivity contribution in [3.8, 4) is 0 Å². The highest BCUT2D eigenvalue weighted by molar-refractivity contribution is 7.47. The lowest BCUT2D eigenvalue weighted by Gasteiger charge is -2.21. The van der Waals surface area contributed by atoms with Gasteiger partial charge in [-0.25, -0.2) is 9.13 Å². The van der Waals surface area contributed by atoms with Crippen LogP contribution in [0.25, 0.3) is 0 Å². The van der Waals surface area contributed by atoms with Gasteiger partial charge in [-0.1, -0.05) is 349 Å². The number of phosphoric acid groups is 2. The largest absolute Gasteiger partial charge is 0.472 e. The van der Waals surface area contributed by atoms with Crippen molar-refractivity contribution >= 4 is 33.6 Å². The number of phosphoric ester groups is 2. The van der Waals surface area contributed by atoms with E-state index in [0.717, 1.165) is 128 Å². The Labute approximate surface area is 641 Å². The molecule has 5 unspecified atom stereocenters. The number of carbonyl (C=O) groups is 3. The zero-order valence-corrected chi connectivity index (χ0v) is 68.7. The third-order valence-electron chi connectivity index (χ3n) is 18.3. The fraction of sp³-hybridized carbons (Fsp3) is 0.782. The number of unbranched alkanes of at least 4 members (excludes halogenated alkanes) is 42. The summed E-state index contributed by atoms with van der Waals surface area (Å²) in [7, 11) is -9.78. The molecular weight excluding hydrogens is 1360 g/mol. The number of carbonyl (C=O) groups excluding carboxylic acids is 3. The molecule has 0 heterocycles. The second-order valence-electron chi connectivity index (χ2n) is 28.6.